The first-order valence-corrected chi connectivity index (χ1v) is 12.5. The minimum atomic E-state index is -4.46. The first-order valence-electron chi connectivity index (χ1n) is 11.7. The van der Waals surface area contributed by atoms with Crippen molar-refractivity contribution in [1.82, 2.24) is 15.1 Å². The van der Waals surface area contributed by atoms with Crippen molar-refractivity contribution in [2.45, 2.75) is 38.1 Å². The minimum Gasteiger partial charge on any atom is -0.386 e. The number of carbonyl (C=O) groups excluding carboxylic acids is 1. The molecule has 1 heterocycles. The second-order valence-corrected chi connectivity index (χ2v) is 9.53. The quantitative estimate of drug-likeness (QED) is 0.254. The lowest BCUT2D eigenvalue weighted by Gasteiger charge is -2.23. The van der Waals surface area contributed by atoms with Gasteiger partial charge in [-0.1, -0.05) is 65.3 Å². The summed E-state index contributed by atoms with van der Waals surface area (Å²) in [6.45, 7) is 1.79. The maximum absolute atomic E-state index is 13.1. The van der Waals surface area contributed by atoms with Crippen LogP contribution in [0.25, 0.3) is 16.9 Å². The summed E-state index contributed by atoms with van der Waals surface area (Å²) in [6.07, 6.45) is -3.42. The molecule has 192 valence electrons. The molecule has 2 atom stereocenters. The van der Waals surface area contributed by atoms with Crippen molar-refractivity contribution < 1.29 is 23.1 Å². The highest BCUT2D eigenvalue weighted by Crippen LogP contribution is 2.31. The number of aromatic nitrogens is 2. The van der Waals surface area contributed by atoms with E-state index in [4.69, 9.17) is 5.10 Å². The van der Waals surface area contributed by atoms with E-state index in [1.807, 2.05) is 54.6 Å². The van der Waals surface area contributed by atoms with Crippen molar-refractivity contribution in [2.24, 2.45) is 0 Å². The third kappa shape index (κ3) is 6.47. The van der Waals surface area contributed by atoms with E-state index < -0.39 is 23.9 Å². The van der Waals surface area contributed by atoms with Gasteiger partial charge in [-0.3, -0.25) is 4.79 Å². The summed E-state index contributed by atoms with van der Waals surface area (Å²) < 4.78 is 41.3. The average Bonchev–Trinajstić information content (AvgIpc) is 3.31. The Morgan fingerprint density at radius 1 is 1.03 bits per heavy atom. The number of hydrogen-bond acceptors (Lipinski definition) is 3. The molecule has 0 aliphatic heterocycles. The smallest absolute Gasteiger partial charge is 0.386 e. The first-order chi connectivity index (χ1) is 17.7. The molecule has 37 heavy (non-hydrogen) atoms. The predicted molar refractivity (Wildman–Crippen MR) is 139 cm³/mol. The van der Waals surface area contributed by atoms with Gasteiger partial charge in [-0.2, -0.15) is 18.3 Å². The van der Waals surface area contributed by atoms with E-state index in [1.54, 1.807) is 17.8 Å². The van der Waals surface area contributed by atoms with Gasteiger partial charge in [-0.15, -0.1) is 0 Å². The summed E-state index contributed by atoms with van der Waals surface area (Å²) in [5.41, 5.74) is 2.55. The second kappa shape index (κ2) is 11.3. The summed E-state index contributed by atoms with van der Waals surface area (Å²) in [4.78, 5) is 13.1. The van der Waals surface area contributed by atoms with Crippen LogP contribution >= 0.6 is 15.9 Å². The molecule has 1 aromatic heterocycles. The third-order valence-electron chi connectivity index (χ3n) is 6.03. The van der Waals surface area contributed by atoms with E-state index in [-0.39, 0.29) is 12.3 Å². The number of carbonyl (C=O) groups is 1. The highest BCUT2D eigenvalue weighted by atomic mass is 79.9. The van der Waals surface area contributed by atoms with Crippen LogP contribution in [0.15, 0.2) is 89.5 Å². The lowest BCUT2D eigenvalue weighted by atomic mass is 9.98. The van der Waals surface area contributed by atoms with Gasteiger partial charge < -0.3 is 10.4 Å². The molecule has 0 saturated heterocycles. The number of para-hydroxylation sites is 1. The Kier molecular flexibility index (Phi) is 8.14. The summed E-state index contributed by atoms with van der Waals surface area (Å²) in [7, 11) is 0. The van der Waals surface area contributed by atoms with Crippen LogP contribution in [0.5, 0.6) is 0 Å². The van der Waals surface area contributed by atoms with Crippen molar-refractivity contribution in [3.05, 3.63) is 106 Å². The van der Waals surface area contributed by atoms with Gasteiger partial charge >= 0.3 is 6.18 Å². The number of hydrogen-bond donors (Lipinski definition) is 2. The minimum absolute atomic E-state index is 0.00840. The number of aliphatic hydroxyl groups excluding tert-OH is 1. The fraction of sp³-hybridized carbons (Fsp3) is 0.214. The van der Waals surface area contributed by atoms with Gasteiger partial charge in [0.15, 0.2) is 0 Å². The summed E-state index contributed by atoms with van der Waals surface area (Å²) in [5, 5.41) is 18.3. The lowest BCUT2D eigenvalue weighted by Crippen LogP contribution is -2.39. The second-order valence-electron chi connectivity index (χ2n) is 8.61. The van der Waals surface area contributed by atoms with Gasteiger partial charge in [0.25, 0.3) is 0 Å². The molecule has 4 rings (SSSR count). The number of aliphatic hydroxyl groups is 1. The van der Waals surface area contributed by atoms with Crippen LogP contribution in [-0.4, -0.2) is 26.8 Å². The molecule has 0 spiro atoms. The number of nitrogens with one attached hydrogen (secondary N) is 1. The van der Waals surface area contributed by atoms with Gasteiger partial charge in [0.1, 0.15) is 0 Å². The molecule has 2 unspecified atom stereocenters. The van der Waals surface area contributed by atoms with Gasteiger partial charge in [0, 0.05) is 21.8 Å². The zero-order valence-electron chi connectivity index (χ0n) is 19.9. The lowest BCUT2D eigenvalue weighted by molar-refractivity contribution is -0.137. The van der Waals surface area contributed by atoms with Crippen LogP contribution in [0.3, 0.4) is 0 Å². The van der Waals surface area contributed by atoms with E-state index in [9.17, 15) is 23.1 Å². The van der Waals surface area contributed by atoms with E-state index in [0.717, 1.165) is 27.9 Å². The number of rotatable bonds is 8. The van der Waals surface area contributed by atoms with Crippen molar-refractivity contribution in [2.75, 3.05) is 0 Å². The maximum Gasteiger partial charge on any atom is 0.416 e. The molecular formula is C28H25BrF3N3O2. The number of benzene rings is 3. The van der Waals surface area contributed by atoms with Crippen LogP contribution in [-0.2, 0) is 17.4 Å². The summed E-state index contributed by atoms with van der Waals surface area (Å²) >= 11 is 3.43. The van der Waals surface area contributed by atoms with Gasteiger partial charge in [-0.05, 0) is 48.4 Å². The molecule has 4 aromatic rings. The molecule has 9 heteroatoms. The molecule has 5 nitrogen and oxygen atoms in total. The van der Waals surface area contributed by atoms with Crippen molar-refractivity contribution in [3.8, 4) is 16.9 Å². The third-order valence-corrected chi connectivity index (χ3v) is 6.55. The van der Waals surface area contributed by atoms with Crippen molar-refractivity contribution in [3.63, 3.8) is 0 Å². The average molecular weight is 572 g/mol. The van der Waals surface area contributed by atoms with E-state index in [1.165, 1.54) is 12.1 Å². The zero-order chi connectivity index (χ0) is 26.6. The van der Waals surface area contributed by atoms with E-state index in [2.05, 4.69) is 21.2 Å². The zero-order valence-corrected chi connectivity index (χ0v) is 21.5. The maximum atomic E-state index is 13.1. The van der Waals surface area contributed by atoms with E-state index in [0.29, 0.717) is 23.2 Å². The summed E-state index contributed by atoms with van der Waals surface area (Å²) in [6, 6.07) is 20.8. The van der Waals surface area contributed by atoms with Crippen LogP contribution in [0, 0.1) is 0 Å². The fourth-order valence-corrected chi connectivity index (χ4v) is 4.30. The molecular weight excluding hydrogens is 547 g/mol. The Labute approximate surface area is 221 Å². The molecule has 0 aliphatic carbocycles. The van der Waals surface area contributed by atoms with Crippen molar-refractivity contribution in [1.29, 1.82) is 0 Å². The standard InChI is InChI=1S/C28H25BrF3N3O2/c1-2-24(27(37)19-8-12-21(13-9-19)28(30,31)32)33-25(36)16-20-17-35(23-6-4-3-5-7-23)34-26(20)18-10-14-22(29)15-11-18/h3-15,17,24,27,37H,2,16H2,1H3,(H,33,36). The Balaban J connectivity index is 1.54. The fourth-order valence-electron chi connectivity index (χ4n) is 4.04. The van der Waals surface area contributed by atoms with Gasteiger partial charge in [0.05, 0.1) is 35.5 Å². The highest BCUT2D eigenvalue weighted by molar-refractivity contribution is 9.10. The monoisotopic (exact) mass is 571 g/mol. The van der Waals surface area contributed by atoms with Crippen LogP contribution in [0.1, 0.15) is 36.1 Å². The van der Waals surface area contributed by atoms with E-state index >= 15 is 0 Å². The Morgan fingerprint density at radius 2 is 1.68 bits per heavy atom. The molecule has 0 saturated carbocycles. The predicted octanol–water partition coefficient (Wildman–Crippen LogP) is 6.49. The van der Waals surface area contributed by atoms with Crippen molar-refractivity contribution >= 4 is 21.8 Å². The van der Waals surface area contributed by atoms with Gasteiger partial charge in [0.2, 0.25) is 5.91 Å². The molecule has 0 aliphatic rings. The molecule has 0 fully saturated rings. The normalized spacial score (nSPS) is 13.2. The molecule has 1 amide bonds. The molecule has 3 aromatic carbocycles. The SMILES string of the molecule is CCC(NC(=O)Cc1cn(-c2ccccc2)nc1-c1ccc(Br)cc1)C(O)c1ccc(C(F)(F)F)cc1. The largest absolute Gasteiger partial charge is 0.416 e. The Hall–Kier alpha value is -3.43. The van der Waals surface area contributed by atoms with Crippen LogP contribution in [0.4, 0.5) is 13.2 Å². The summed E-state index contributed by atoms with van der Waals surface area (Å²) in [5.74, 6) is -0.330. The molecule has 0 radical (unpaired) electrons. The van der Waals surface area contributed by atoms with Gasteiger partial charge in [-0.25, -0.2) is 4.68 Å². The Morgan fingerprint density at radius 3 is 2.27 bits per heavy atom. The number of halogens is 4. The van der Waals surface area contributed by atoms with Crippen LogP contribution in [0.2, 0.25) is 0 Å². The first kappa shape index (κ1) is 26.6. The number of amides is 1. The number of alkyl halides is 3. The topological polar surface area (TPSA) is 67.2 Å². The number of nitrogens with zero attached hydrogens (tertiary/aromatic N) is 2. The van der Waals surface area contributed by atoms with Crippen LogP contribution < -0.4 is 5.32 Å². The molecule has 2 N–H and O–H groups in total. The molecule has 0 bridgehead atoms. The Bertz CT molecular complexity index is 1340. The highest BCUT2D eigenvalue weighted by Gasteiger charge is 2.31.